The fraction of sp³-hybridized carbons (Fsp3) is 0.944. The average Bonchev–Trinajstić information content (AvgIpc) is 2.30. The molecule has 3 heteroatoms. The number of nitrogens with zero attached hydrogens (tertiary/aromatic N) is 2. The molecule has 3 nitrogen and oxygen atoms in total. The van der Waals surface area contributed by atoms with Crippen molar-refractivity contribution >= 4 is 5.78 Å². The third-order valence-corrected chi connectivity index (χ3v) is 3.57. The molecule has 1 saturated heterocycles. The smallest absolute Gasteiger partial charge is 0.143 e. The first kappa shape index (κ1) is 20.6. The summed E-state index contributed by atoms with van der Waals surface area (Å²) in [6.07, 6.45) is 1.24. The SMILES string of the molecule is CC.CC(=O)CN1CCN(CC(C)(C)CC(C)(C)C)CC1. The Bertz CT molecular complexity index is 297. The zero-order valence-electron chi connectivity index (χ0n) is 15.8. The molecule has 1 aliphatic heterocycles. The lowest BCUT2D eigenvalue weighted by atomic mass is 9.76. The molecule has 0 bridgehead atoms. The molecule has 1 aliphatic rings. The fourth-order valence-corrected chi connectivity index (χ4v) is 3.52. The van der Waals surface area contributed by atoms with Crippen LogP contribution in [0.2, 0.25) is 0 Å². The topological polar surface area (TPSA) is 23.6 Å². The Balaban J connectivity index is 0.00000191. The number of ketones is 1. The third-order valence-electron chi connectivity index (χ3n) is 3.57. The van der Waals surface area contributed by atoms with Crippen molar-refractivity contribution in [2.75, 3.05) is 39.3 Å². The number of carbonyl (C=O) groups is 1. The van der Waals surface area contributed by atoms with E-state index in [1.807, 2.05) is 13.8 Å². The Morgan fingerprint density at radius 3 is 1.71 bits per heavy atom. The van der Waals surface area contributed by atoms with E-state index in [0.717, 1.165) is 32.7 Å². The van der Waals surface area contributed by atoms with Crippen LogP contribution in [0.15, 0.2) is 0 Å². The van der Waals surface area contributed by atoms with Crippen molar-refractivity contribution in [3.05, 3.63) is 0 Å². The normalized spacial score (nSPS) is 18.1. The third kappa shape index (κ3) is 10.0. The lowest BCUT2D eigenvalue weighted by molar-refractivity contribution is -0.118. The van der Waals surface area contributed by atoms with Crippen LogP contribution in [-0.2, 0) is 4.79 Å². The number of piperazine rings is 1. The molecule has 0 unspecified atom stereocenters. The zero-order chi connectivity index (χ0) is 16.7. The second-order valence-corrected chi connectivity index (χ2v) is 8.16. The van der Waals surface area contributed by atoms with Crippen molar-refractivity contribution in [2.24, 2.45) is 10.8 Å². The van der Waals surface area contributed by atoms with Gasteiger partial charge in [-0.3, -0.25) is 9.69 Å². The summed E-state index contributed by atoms with van der Waals surface area (Å²) >= 11 is 0. The molecule has 0 aromatic rings. The van der Waals surface area contributed by atoms with Crippen molar-refractivity contribution < 1.29 is 4.79 Å². The Labute approximate surface area is 133 Å². The number of rotatable bonds is 5. The van der Waals surface area contributed by atoms with E-state index in [-0.39, 0.29) is 5.78 Å². The van der Waals surface area contributed by atoms with Crippen LogP contribution in [0.25, 0.3) is 0 Å². The summed E-state index contributed by atoms with van der Waals surface area (Å²) in [6, 6.07) is 0. The maximum Gasteiger partial charge on any atom is 0.143 e. The van der Waals surface area contributed by atoms with Crippen molar-refractivity contribution in [3.63, 3.8) is 0 Å². The molecule has 0 N–H and O–H groups in total. The maximum absolute atomic E-state index is 11.1. The minimum atomic E-state index is 0.279. The Morgan fingerprint density at radius 1 is 0.905 bits per heavy atom. The molecule has 1 heterocycles. The molecule has 0 aliphatic carbocycles. The molecule has 0 amide bonds. The van der Waals surface area contributed by atoms with Gasteiger partial charge in [-0.15, -0.1) is 0 Å². The molecule has 0 saturated carbocycles. The summed E-state index contributed by atoms with van der Waals surface area (Å²) in [5, 5.41) is 0. The van der Waals surface area contributed by atoms with E-state index < -0.39 is 0 Å². The lowest BCUT2D eigenvalue weighted by Gasteiger charge is -2.40. The first-order valence-electron chi connectivity index (χ1n) is 8.52. The van der Waals surface area contributed by atoms with Gasteiger partial charge in [-0.1, -0.05) is 48.5 Å². The monoisotopic (exact) mass is 298 g/mol. The highest BCUT2D eigenvalue weighted by Gasteiger charge is 2.29. The Morgan fingerprint density at radius 2 is 1.33 bits per heavy atom. The van der Waals surface area contributed by atoms with Gasteiger partial charge in [-0.05, 0) is 24.2 Å². The highest BCUT2D eigenvalue weighted by molar-refractivity contribution is 5.77. The van der Waals surface area contributed by atoms with Gasteiger partial charge in [-0.25, -0.2) is 0 Å². The lowest BCUT2D eigenvalue weighted by Crippen LogP contribution is -2.50. The molecule has 0 atom stereocenters. The van der Waals surface area contributed by atoms with Gasteiger partial charge >= 0.3 is 0 Å². The largest absolute Gasteiger partial charge is 0.300 e. The highest BCUT2D eigenvalue weighted by atomic mass is 16.1. The predicted octanol–water partition coefficient (Wildman–Crippen LogP) is 3.68. The van der Waals surface area contributed by atoms with Crippen LogP contribution < -0.4 is 0 Å². The van der Waals surface area contributed by atoms with E-state index in [0.29, 0.717) is 17.4 Å². The molecule has 0 spiro atoms. The summed E-state index contributed by atoms with van der Waals surface area (Å²) in [6.45, 7) is 23.4. The van der Waals surface area contributed by atoms with Gasteiger partial charge in [0.15, 0.2) is 0 Å². The quantitative estimate of drug-likeness (QED) is 0.773. The second kappa shape index (κ2) is 8.89. The molecule has 126 valence electrons. The molecular formula is C18H38N2O. The summed E-state index contributed by atoms with van der Waals surface area (Å²) < 4.78 is 0. The minimum absolute atomic E-state index is 0.279. The van der Waals surface area contributed by atoms with Crippen LogP contribution >= 0.6 is 0 Å². The van der Waals surface area contributed by atoms with E-state index in [4.69, 9.17) is 0 Å². The standard InChI is InChI=1S/C16H32N2O.C2H6/c1-14(19)11-17-7-9-18(10-8-17)13-16(5,6)12-15(2,3)4;1-2/h7-13H2,1-6H3;1-2H3. The number of carbonyl (C=O) groups excluding carboxylic acids is 1. The maximum atomic E-state index is 11.1. The van der Waals surface area contributed by atoms with Gasteiger partial charge in [0.25, 0.3) is 0 Å². The number of hydrogen-bond acceptors (Lipinski definition) is 3. The van der Waals surface area contributed by atoms with Crippen LogP contribution in [0, 0.1) is 10.8 Å². The van der Waals surface area contributed by atoms with Crippen molar-refractivity contribution in [2.45, 2.75) is 61.8 Å². The van der Waals surface area contributed by atoms with Crippen molar-refractivity contribution in [1.82, 2.24) is 9.80 Å². The van der Waals surface area contributed by atoms with Crippen molar-refractivity contribution in [1.29, 1.82) is 0 Å². The molecule has 21 heavy (non-hydrogen) atoms. The van der Waals surface area contributed by atoms with Gasteiger partial charge in [0.05, 0.1) is 6.54 Å². The van der Waals surface area contributed by atoms with E-state index in [2.05, 4.69) is 44.4 Å². The first-order chi connectivity index (χ1) is 9.57. The first-order valence-corrected chi connectivity index (χ1v) is 8.52. The van der Waals surface area contributed by atoms with Gasteiger partial charge in [0.1, 0.15) is 5.78 Å². The van der Waals surface area contributed by atoms with Gasteiger partial charge < -0.3 is 4.90 Å². The van der Waals surface area contributed by atoms with Gasteiger partial charge in [0.2, 0.25) is 0 Å². The Hall–Kier alpha value is -0.410. The minimum Gasteiger partial charge on any atom is -0.300 e. The van der Waals surface area contributed by atoms with Crippen LogP contribution in [0.5, 0.6) is 0 Å². The molecule has 0 aromatic carbocycles. The van der Waals surface area contributed by atoms with E-state index in [1.54, 1.807) is 6.92 Å². The molecule has 1 fully saturated rings. The summed E-state index contributed by atoms with van der Waals surface area (Å²) in [5.74, 6) is 0.279. The highest BCUT2D eigenvalue weighted by Crippen LogP contribution is 2.33. The summed E-state index contributed by atoms with van der Waals surface area (Å²) in [4.78, 5) is 16.0. The van der Waals surface area contributed by atoms with Gasteiger partial charge in [0, 0.05) is 32.7 Å². The van der Waals surface area contributed by atoms with Crippen LogP contribution in [0.4, 0.5) is 0 Å². The van der Waals surface area contributed by atoms with Crippen LogP contribution in [-0.4, -0.2) is 54.9 Å². The summed E-state index contributed by atoms with van der Waals surface area (Å²) in [7, 11) is 0. The summed E-state index contributed by atoms with van der Waals surface area (Å²) in [5.41, 5.74) is 0.751. The molecule has 0 aromatic heterocycles. The van der Waals surface area contributed by atoms with Gasteiger partial charge in [-0.2, -0.15) is 0 Å². The van der Waals surface area contributed by atoms with E-state index in [1.165, 1.54) is 6.42 Å². The average molecular weight is 299 g/mol. The van der Waals surface area contributed by atoms with E-state index >= 15 is 0 Å². The number of Topliss-reactive ketones (excluding diaryl/α,β-unsaturated/α-hetero) is 1. The van der Waals surface area contributed by atoms with Crippen LogP contribution in [0.3, 0.4) is 0 Å². The van der Waals surface area contributed by atoms with Crippen LogP contribution in [0.1, 0.15) is 61.8 Å². The molecule has 0 radical (unpaired) electrons. The van der Waals surface area contributed by atoms with Crippen molar-refractivity contribution in [3.8, 4) is 0 Å². The van der Waals surface area contributed by atoms with E-state index in [9.17, 15) is 4.79 Å². The Kier molecular flexibility index (Phi) is 8.72. The predicted molar refractivity (Wildman–Crippen MR) is 92.8 cm³/mol. The second-order valence-electron chi connectivity index (χ2n) is 8.16. The molecular weight excluding hydrogens is 260 g/mol. The zero-order valence-corrected chi connectivity index (χ0v) is 15.8. The fourth-order valence-electron chi connectivity index (χ4n) is 3.52. The molecule has 1 rings (SSSR count). The number of hydrogen-bond donors (Lipinski definition) is 0.